The molecule has 0 aromatic heterocycles. The smallest absolute Gasteiger partial charge is 0.322 e. The lowest BCUT2D eigenvalue weighted by atomic mass is 10.1. The zero-order valence-electron chi connectivity index (χ0n) is 11.9. The molecule has 0 aromatic rings. The molecule has 0 aliphatic heterocycles. The lowest BCUT2D eigenvalue weighted by Crippen LogP contribution is -2.49. The first kappa shape index (κ1) is 18.7. The molecular formula is C12H22N2O5S. The highest BCUT2D eigenvalue weighted by Crippen LogP contribution is 2.28. The van der Waals surface area contributed by atoms with Gasteiger partial charge in [0.05, 0.1) is 0 Å². The lowest BCUT2D eigenvalue weighted by Gasteiger charge is -2.26. The lowest BCUT2D eigenvalue weighted by molar-refractivity contribution is -0.138. The zero-order valence-corrected chi connectivity index (χ0v) is 12.7. The Morgan fingerprint density at radius 1 is 1.30 bits per heavy atom. The van der Waals surface area contributed by atoms with Crippen molar-refractivity contribution >= 4 is 29.5 Å². The van der Waals surface area contributed by atoms with Crippen molar-refractivity contribution < 1.29 is 24.6 Å². The summed E-state index contributed by atoms with van der Waals surface area (Å²) >= 11 is 1.43. The number of aliphatic carboxylic acids is 1. The number of aliphatic hydroxyl groups is 1. The van der Waals surface area contributed by atoms with Crippen molar-refractivity contribution in [2.45, 2.75) is 38.0 Å². The van der Waals surface area contributed by atoms with E-state index in [0.717, 1.165) is 0 Å². The summed E-state index contributed by atoms with van der Waals surface area (Å²) in [6.45, 7) is 4.69. The molecule has 0 bridgehead atoms. The van der Waals surface area contributed by atoms with E-state index in [2.05, 4.69) is 10.6 Å². The fraction of sp³-hybridized carbons (Fsp3) is 0.750. The summed E-state index contributed by atoms with van der Waals surface area (Å²) in [5.74, 6) is -1.73. The van der Waals surface area contributed by atoms with Crippen LogP contribution in [0.4, 0.5) is 0 Å². The molecule has 4 N–H and O–H groups in total. The Labute approximate surface area is 122 Å². The molecule has 1 atom stereocenters. The average Bonchev–Trinajstić information content (AvgIpc) is 2.31. The normalized spacial score (nSPS) is 12.6. The fourth-order valence-corrected chi connectivity index (χ4v) is 2.45. The largest absolute Gasteiger partial charge is 0.480 e. The standard InChI is InChI=1S/C12H22N2O5S/c1-8(16)14-9(11(19)13-6-10(17)18)7-20-12(2,3)4-5-15/h9,15H,4-7H2,1-3H3,(H,13,19)(H,14,16)(H,17,18)/t9-/m0/s1. The maximum atomic E-state index is 11.8. The third-order valence-corrected chi connectivity index (χ3v) is 3.95. The van der Waals surface area contributed by atoms with Gasteiger partial charge in [0.2, 0.25) is 11.8 Å². The number of hydrogen-bond acceptors (Lipinski definition) is 5. The maximum absolute atomic E-state index is 11.8. The molecule has 2 amide bonds. The molecule has 0 spiro atoms. The van der Waals surface area contributed by atoms with Gasteiger partial charge in [-0.3, -0.25) is 14.4 Å². The minimum atomic E-state index is -1.15. The van der Waals surface area contributed by atoms with E-state index in [1.165, 1.54) is 18.7 Å². The third-order valence-electron chi connectivity index (χ3n) is 2.46. The van der Waals surface area contributed by atoms with Gasteiger partial charge in [0.15, 0.2) is 0 Å². The number of carboxylic acids is 1. The number of carboxylic acid groups (broad SMARTS) is 1. The minimum absolute atomic E-state index is 0.0377. The Kier molecular flexibility index (Phi) is 8.24. The molecule has 0 aliphatic rings. The first-order valence-electron chi connectivity index (χ1n) is 6.19. The summed E-state index contributed by atoms with van der Waals surface area (Å²) in [5, 5.41) is 22.2. The van der Waals surface area contributed by atoms with Crippen LogP contribution in [0.2, 0.25) is 0 Å². The highest BCUT2D eigenvalue weighted by atomic mass is 32.2. The number of rotatable bonds is 9. The number of nitrogens with one attached hydrogen (secondary N) is 2. The molecule has 0 rings (SSSR count). The van der Waals surface area contributed by atoms with Crippen LogP contribution >= 0.6 is 11.8 Å². The molecule has 0 aromatic carbocycles. The summed E-state index contributed by atoms with van der Waals surface area (Å²) in [6, 6.07) is -0.796. The number of hydrogen-bond donors (Lipinski definition) is 4. The van der Waals surface area contributed by atoms with Crippen LogP contribution in [0.1, 0.15) is 27.2 Å². The number of amides is 2. The molecule has 116 valence electrons. The summed E-state index contributed by atoms with van der Waals surface area (Å²) in [4.78, 5) is 33.3. The number of thioether (sulfide) groups is 1. The van der Waals surface area contributed by atoms with Crippen LogP contribution in [0.3, 0.4) is 0 Å². The van der Waals surface area contributed by atoms with E-state index in [0.29, 0.717) is 12.2 Å². The van der Waals surface area contributed by atoms with Crippen LogP contribution < -0.4 is 10.6 Å². The second kappa shape index (κ2) is 8.80. The van der Waals surface area contributed by atoms with Gasteiger partial charge in [-0.05, 0) is 6.42 Å². The van der Waals surface area contributed by atoms with Gasteiger partial charge in [-0.25, -0.2) is 0 Å². The number of carbonyl (C=O) groups is 3. The van der Waals surface area contributed by atoms with Gasteiger partial charge < -0.3 is 20.8 Å². The van der Waals surface area contributed by atoms with Crippen molar-refractivity contribution in [2.24, 2.45) is 0 Å². The monoisotopic (exact) mass is 306 g/mol. The SMILES string of the molecule is CC(=O)N[C@@H](CSC(C)(C)CCO)C(=O)NCC(=O)O. The maximum Gasteiger partial charge on any atom is 0.322 e. The van der Waals surface area contributed by atoms with Gasteiger partial charge in [0, 0.05) is 24.0 Å². The quantitative estimate of drug-likeness (QED) is 0.460. The highest BCUT2D eigenvalue weighted by Gasteiger charge is 2.25. The summed E-state index contributed by atoms with van der Waals surface area (Å²) in [6.07, 6.45) is 0.557. The van der Waals surface area contributed by atoms with Gasteiger partial charge >= 0.3 is 5.97 Å². The van der Waals surface area contributed by atoms with Crippen LogP contribution in [0.5, 0.6) is 0 Å². The van der Waals surface area contributed by atoms with E-state index in [9.17, 15) is 14.4 Å². The van der Waals surface area contributed by atoms with Gasteiger partial charge in [-0.15, -0.1) is 0 Å². The molecule has 7 nitrogen and oxygen atoms in total. The average molecular weight is 306 g/mol. The summed E-state index contributed by atoms with van der Waals surface area (Å²) in [7, 11) is 0. The molecule has 0 heterocycles. The van der Waals surface area contributed by atoms with Crippen molar-refractivity contribution in [3.63, 3.8) is 0 Å². The summed E-state index contributed by atoms with van der Waals surface area (Å²) in [5.41, 5.74) is 0. The highest BCUT2D eigenvalue weighted by molar-refractivity contribution is 8.00. The molecule has 0 saturated heterocycles. The van der Waals surface area contributed by atoms with Gasteiger partial charge in [0.25, 0.3) is 0 Å². The third kappa shape index (κ3) is 8.76. The molecule has 8 heteroatoms. The van der Waals surface area contributed by atoms with E-state index in [4.69, 9.17) is 10.2 Å². The van der Waals surface area contributed by atoms with Crippen LogP contribution in [-0.2, 0) is 14.4 Å². The Balaban J connectivity index is 4.52. The van der Waals surface area contributed by atoms with Crippen molar-refractivity contribution in [3.05, 3.63) is 0 Å². The minimum Gasteiger partial charge on any atom is -0.480 e. The van der Waals surface area contributed by atoms with Crippen LogP contribution in [-0.4, -0.2) is 57.7 Å². The second-order valence-electron chi connectivity index (χ2n) is 4.91. The first-order chi connectivity index (χ1) is 9.18. The molecule has 0 radical (unpaired) electrons. The van der Waals surface area contributed by atoms with Crippen LogP contribution in [0.25, 0.3) is 0 Å². The van der Waals surface area contributed by atoms with Crippen LogP contribution in [0.15, 0.2) is 0 Å². The van der Waals surface area contributed by atoms with E-state index in [-0.39, 0.29) is 17.3 Å². The van der Waals surface area contributed by atoms with Crippen molar-refractivity contribution in [2.75, 3.05) is 18.9 Å². The fourth-order valence-electron chi connectivity index (χ4n) is 1.36. The van der Waals surface area contributed by atoms with E-state index in [1.807, 2.05) is 13.8 Å². The van der Waals surface area contributed by atoms with E-state index in [1.54, 1.807) is 0 Å². The van der Waals surface area contributed by atoms with Crippen molar-refractivity contribution in [1.29, 1.82) is 0 Å². The molecule has 0 aliphatic carbocycles. The number of carbonyl (C=O) groups excluding carboxylic acids is 2. The molecular weight excluding hydrogens is 284 g/mol. The van der Waals surface area contributed by atoms with Gasteiger partial charge in [0.1, 0.15) is 12.6 Å². The Morgan fingerprint density at radius 2 is 1.90 bits per heavy atom. The van der Waals surface area contributed by atoms with Crippen LogP contribution in [0, 0.1) is 0 Å². The van der Waals surface area contributed by atoms with Gasteiger partial charge in [-0.1, -0.05) is 13.8 Å². The topological polar surface area (TPSA) is 116 Å². The second-order valence-corrected chi connectivity index (χ2v) is 6.64. The molecule has 0 saturated carbocycles. The molecule has 0 fully saturated rings. The summed E-state index contributed by atoms with van der Waals surface area (Å²) < 4.78 is -0.238. The predicted octanol–water partition coefficient (Wildman–Crippen LogP) is -0.414. The van der Waals surface area contributed by atoms with Gasteiger partial charge in [-0.2, -0.15) is 11.8 Å². The molecule has 0 unspecified atom stereocenters. The molecule has 20 heavy (non-hydrogen) atoms. The Bertz CT molecular complexity index is 360. The van der Waals surface area contributed by atoms with Crippen molar-refractivity contribution in [3.8, 4) is 0 Å². The Morgan fingerprint density at radius 3 is 2.35 bits per heavy atom. The van der Waals surface area contributed by atoms with E-state index >= 15 is 0 Å². The Hall–Kier alpha value is -1.28. The van der Waals surface area contributed by atoms with Crippen molar-refractivity contribution in [1.82, 2.24) is 10.6 Å². The van der Waals surface area contributed by atoms with E-state index < -0.39 is 24.5 Å². The zero-order chi connectivity index (χ0) is 15.8. The first-order valence-corrected chi connectivity index (χ1v) is 7.18. The predicted molar refractivity (Wildman–Crippen MR) is 76.5 cm³/mol. The number of aliphatic hydroxyl groups excluding tert-OH is 1.